The molecule has 0 atom stereocenters. The number of hydrogen-bond acceptors (Lipinski definition) is 6. The molecule has 19 aromatic rings. The van der Waals surface area contributed by atoms with Gasteiger partial charge in [-0.05, 0) is 190 Å². The predicted molar refractivity (Wildman–Crippen MR) is 456 cm³/mol. The van der Waals surface area contributed by atoms with Gasteiger partial charge in [0.1, 0.15) is 45.3 Å². The van der Waals surface area contributed by atoms with E-state index in [1.54, 1.807) is 0 Å². The van der Waals surface area contributed by atoms with Crippen LogP contribution >= 0.6 is 0 Å². The van der Waals surface area contributed by atoms with E-state index in [0.29, 0.717) is 0 Å². The Balaban J connectivity index is 0.844. The SMILES string of the molecule is c1ccc(-c2ccccc2-c2ccc3c(c2)Oc2cc(-c4cccc5oc6ccccc6c45)cc4c2B3c2cc3c(cc2N4c2ccccc2-c2ccccc2)N(c2ccccc2-c2ccccc2)c2cc(-c4cccc5oc6ccccc6c45)cc4c2B3c2ccc(-c3ccccc3-c3ccccc3)cc2O4)cc1. The van der Waals surface area contributed by atoms with Gasteiger partial charge in [0, 0.05) is 55.4 Å². The number of para-hydroxylation sites is 4. The lowest BCUT2D eigenvalue weighted by Crippen LogP contribution is -2.63. The lowest BCUT2D eigenvalue weighted by Gasteiger charge is -2.45. The van der Waals surface area contributed by atoms with Gasteiger partial charge in [-0.15, -0.1) is 0 Å². The minimum atomic E-state index is -0.336. The Hall–Kier alpha value is -14.3. The van der Waals surface area contributed by atoms with Crippen LogP contribution in [0.1, 0.15) is 0 Å². The average Bonchev–Trinajstić information content (AvgIpc) is 0.813. The van der Waals surface area contributed by atoms with Crippen LogP contribution in [0.2, 0.25) is 0 Å². The molecule has 4 aliphatic heterocycles. The summed E-state index contributed by atoms with van der Waals surface area (Å²) in [5.41, 5.74) is 33.6. The summed E-state index contributed by atoms with van der Waals surface area (Å²) in [4.78, 5) is 5.14. The zero-order valence-electron chi connectivity index (χ0n) is 59.5. The van der Waals surface area contributed by atoms with Gasteiger partial charge in [-0.25, -0.2) is 0 Å². The van der Waals surface area contributed by atoms with Crippen LogP contribution < -0.4 is 52.1 Å². The molecule has 510 valence electrons. The van der Waals surface area contributed by atoms with E-state index < -0.39 is 0 Å². The third-order valence-corrected chi connectivity index (χ3v) is 23.2. The number of ether oxygens (including phenoxy) is 2. The Bertz CT molecular complexity index is 6600. The molecular formula is C102H62B2N2O4. The van der Waals surface area contributed by atoms with E-state index in [-0.39, 0.29) is 13.4 Å². The predicted octanol–water partition coefficient (Wildman–Crippen LogP) is 23.6. The molecule has 2 aromatic heterocycles. The largest absolute Gasteiger partial charge is 0.458 e. The summed E-state index contributed by atoms with van der Waals surface area (Å²) >= 11 is 0. The van der Waals surface area contributed by atoms with Crippen molar-refractivity contribution < 1.29 is 18.3 Å². The van der Waals surface area contributed by atoms with E-state index in [1.807, 2.05) is 0 Å². The minimum absolute atomic E-state index is 0.336. The average molecular weight is 1400 g/mol. The molecule has 17 aromatic carbocycles. The van der Waals surface area contributed by atoms with Gasteiger partial charge < -0.3 is 28.1 Å². The van der Waals surface area contributed by atoms with Gasteiger partial charge in [0.2, 0.25) is 0 Å². The summed E-state index contributed by atoms with van der Waals surface area (Å²) < 4.78 is 29.0. The fourth-order valence-corrected chi connectivity index (χ4v) is 18.4. The van der Waals surface area contributed by atoms with Crippen LogP contribution in [0.4, 0.5) is 34.1 Å². The Kier molecular flexibility index (Phi) is 13.9. The number of furan rings is 2. The molecule has 4 aliphatic rings. The van der Waals surface area contributed by atoms with Crippen LogP contribution in [0.25, 0.3) is 133 Å². The molecule has 23 rings (SSSR count). The fraction of sp³-hybridized carbons (Fsp3) is 0. The second kappa shape index (κ2) is 24.6. The molecule has 0 radical (unpaired) electrons. The Labute approximate surface area is 636 Å². The summed E-state index contributed by atoms with van der Waals surface area (Å²) in [5.74, 6) is 3.19. The van der Waals surface area contributed by atoms with E-state index in [0.717, 1.165) is 223 Å². The smallest absolute Gasteiger partial charge is 0.256 e. The van der Waals surface area contributed by atoms with Gasteiger partial charge in [-0.1, -0.05) is 297 Å². The highest BCUT2D eigenvalue weighted by Gasteiger charge is 2.48. The van der Waals surface area contributed by atoms with Crippen molar-refractivity contribution in [2.45, 2.75) is 0 Å². The summed E-state index contributed by atoms with van der Waals surface area (Å²) in [7, 11) is 0. The highest BCUT2D eigenvalue weighted by molar-refractivity contribution is 7.02. The van der Waals surface area contributed by atoms with Crippen molar-refractivity contribution in [2.24, 2.45) is 0 Å². The first-order chi connectivity index (χ1) is 54.6. The number of benzene rings is 17. The van der Waals surface area contributed by atoms with Crippen LogP contribution in [0.15, 0.2) is 385 Å². The number of anilines is 6. The van der Waals surface area contributed by atoms with Crippen molar-refractivity contribution in [3.63, 3.8) is 0 Å². The molecular weight excluding hydrogens is 1340 g/mol. The third kappa shape index (κ3) is 9.59. The maximum Gasteiger partial charge on any atom is 0.256 e. The van der Waals surface area contributed by atoms with Gasteiger partial charge in [-0.3, -0.25) is 0 Å². The van der Waals surface area contributed by atoms with Crippen molar-refractivity contribution in [1.29, 1.82) is 0 Å². The number of nitrogens with zero attached hydrogens (tertiary/aromatic N) is 2. The van der Waals surface area contributed by atoms with Gasteiger partial charge in [0.15, 0.2) is 0 Å². The molecule has 0 saturated carbocycles. The molecule has 6 heterocycles. The van der Waals surface area contributed by atoms with E-state index in [2.05, 4.69) is 386 Å². The zero-order chi connectivity index (χ0) is 72.1. The summed E-state index contributed by atoms with van der Waals surface area (Å²) in [6.07, 6.45) is 0. The number of fused-ring (bicyclic) bond motifs is 14. The van der Waals surface area contributed by atoms with Crippen LogP contribution in [-0.4, -0.2) is 13.4 Å². The molecule has 0 unspecified atom stereocenters. The molecule has 8 heteroatoms. The van der Waals surface area contributed by atoms with Crippen molar-refractivity contribution in [3.8, 4) is 112 Å². The van der Waals surface area contributed by atoms with E-state index in [9.17, 15) is 0 Å². The molecule has 0 amide bonds. The Morgan fingerprint density at radius 1 is 0.191 bits per heavy atom. The van der Waals surface area contributed by atoms with Crippen LogP contribution in [-0.2, 0) is 0 Å². The van der Waals surface area contributed by atoms with E-state index in [1.165, 1.54) is 0 Å². The highest BCUT2D eigenvalue weighted by Crippen LogP contribution is 2.53. The normalized spacial score (nSPS) is 12.8. The first-order valence-corrected chi connectivity index (χ1v) is 37.7. The van der Waals surface area contributed by atoms with Crippen molar-refractivity contribution in [3.05, 3.63) is 376 Å². The Morgan fingerprint density at radius 3 is 0.936 bits per heavy atom. The van der Waals surface area contributed by atoms with Crippen molar-refractivity contribution in [2.75, 3.05) is 9.80 Å². The monoisotopic (exact) mass is 1400 g/mol. The molecule has 0 N–H and O–H groups in total. The first kappa shape index (κ1) is 61.9. The van der Waals surface area contributed by atoms with Gasteiger partial charge in [0.25, 0.3) is 13.4 Å². The van der Waals surface area contributed by atoms with Crippen molar-refractivity contribution in [1.82, 2.24) is 0 Å². The highest BCUT2D eigenvalue weighted by atomic mass is 16.5. The van der Waals surface area contributed by atoms with Crippen LogP contribution in [0.5, 0.6) is 23.0 Å². The van der Waals surface area contributed by atoms with Gasteiger partial charge >= 0.3 is 0 Å². The molecule has 0 fully saturated rings. The number of hydrogen-bond donors (Lipinski definition) is 0. The molecule has 0 bridgehead atoms. The maximum absolute atomic E-state index is 7.79. The van der Waals surface area contributed by atoms with E-state index >= 15 is 0 Å². The summed E-state index contributed by atoms with van der Waals surface area (Å²) in [6, 6.07) is 137. The third-order valence-electron chi connectivity index (χ3n) is 23.2. The lowest BCUT2D eigenvalue weighted by molar-refractivity contribution is 0.487. The first-order valence-electron chi connectivity index (χ1n) is 37.7. The molecule has 0 aliphatic carbocycles. The van der Waals surface area contributed by atoms with Crippen LogP contribution in [0.3, 0.4) is 0 Å². The quantitative estimate of drug-likeness (QED) is 0.127. The fourth-order valence-electron chi connectivity index (χ4n) is 18.4. The second-order valence-corrected chi connectivity index (χ2v) is 29.2. The number of rotatable bonds is 10. The molecule has 0 spiro atoms. The topological polar surface area (TPSA) is 51.2 Å². The van der Waals surface area contributed by atoms with Crippen molar-refractivity contribution >= 4 is 124 Å². The standard InChI is InChI=1S/C102H62B2N2O4/c1-5-27-63(28-6-1)71-35-13-15-37-73(71)67-51-53-81-95(57-67)109-97-59-69(77-43-25-49-93-99(77)79-41-19-23-47-91(79)107-93)55-89-101(97)103(81)83-61-84-88(62-87(83)105(89)85-45-21-17-39-75(85)65-31-9-3-10-32-65)106(86-46-22-18-40-76(86)66-33-11-4-12-34-66)90-56-70(78-44-26-50-94-100(78)80-42-20-24-48-92(80)108-94)60-98-102(90)104(84)82-54-52-68(58-96(82)110-98)74-38-16-14-36-72(74)64-29-7-2-8-30-64/h1-62H. The van der Waals surface area contributed by atoms with Gasteiger partial charge in [0.05, 0.1) is 11.4 Å². The Morgan fingerprint density at radius 2 is 0.518 bits per heavy atom. The summed E-state index contributed by atoms with van der Waals surface area (Å²) in [6.45, 7) is -0.672. The van der Waals surface area contributed by atoms with E-state index in [4.69, 9.17) is 18.3 Å². The summed E-state index contributed by atoms with van der Waals surface area (Å²) in [5, 5.41) is 4.21. The molecule has 110 heavy (non-hydrogen) atoms. The molecule has 6 nitrogen and oxygen atoms in total. The van der Waals surface area contributed by atoms with Gasteiger partial charge in [-0.2, -0.15) is 0 Å². The maximum atomic E-state index is 7.79. The molecule has 0 saturated heterocycles. The minimum Gasteiger partial charge on any atom is -0.458 e. The van der Waals surface area contributed by atoms with Crippen LogP contribution in [0, 0.1) is 0 Å². The lowest BCUT2D eigenvalue weighted by atomic mass is 9.30. The second-order valence-electron chi connectivity index (χ2n) is 29.2. The zero-order valence-corrected chi connectivity index (χ0v) is 59.5.